The Hall–Kier alpha value is -1.36. The van der Waals surface area contributed by atoms with Gasteiger partial charge in [0, 0.05) is 17.4 Å². The number of halogens is 1. The number of aryl methyl sites for hydroxylation is 1. The van der Waals surface area contributed by atoms with Crippen molar-refractivity contribution in [3.05, 3.63) is 34.3 Å². The average molecular weight is 328 g/mol. The largest absolute Gasteiger partial charge is 0.481 e. The maximum atomic E-state index is 11.7. The van der Waals surface area contributed by atoms with Gasteiger partial charge in [-0.2, -0.15) is 0 Å². The van der Waals surface area contributed by atoms with E-state index < -0.39 is 11.4 Å². The van der Waals surface area contributed by atoms with Crippen molar-refractivity contribution in [3.63, 3.8) is 0 Å². The van der Waals surface area contributed by atoms with Crippen molar-refractivity contribution >= 4 is 27.8 Å². The SMILES string of the molecule is CC(C)(CNC(=O)CCc1ccccc1Br)C(=O)O. The molecule has 4 nitrogen and oxygen atoms in total. The standard InChI is InChI=1S/C14H18BrNO3/c1-14(2,13(18)19)9-16-12(17)8-7-10-5-3-4-6-11(10)15/h3-6H,7-9H2,1-2H3,(H,16,17)(H,18,19). The predicted octanol–water partition coefficient (Wildman–Crippen LogP) is 2.61. The molecular weight excluding hydrogens is 310 g/mol. The fourth-order valence-corrected chi connectivity index (χ4v) is 1.92. The van der Waals surface area contributed by atoms with Crippen LogP contribution < -0.4 is 5.32 Å². The van der Waals surface area contributed by atoms with Crippen molar-refractivity contribution in [2.75, 3.05) is 6.54 Å². The number of hydrogen-bond donors (Lipinski definition) is 2. The Morgan fingerprint density at radius 3 is 2.53 bits per heavy atom. The minimum Gasteiger partial charge on any atom is -0.481 e. The molecule has 104 valence electrons. The Bertz CT molecular complexity index is 472. The van der Waals surface area contributed by atoms with Gasteiger partial charge in [-0.25, -0.2) is 0 Å². The summed E-state index contributed by atoms with van der Waals surface area (Å²) in [5, 5.41) is 11.6. The highest BCUT2D eigenvalue weighted by Gasteiger charge is 2.27. The lowest BCUT2D eigenvalue weighted by Gasteiger charge is -2.19. The van der Waals surface area contributed by atoms with E-state index in [-0.39, 0.29) is 12.5 Å². The molecule has 0 bridgehead atoms. The fourth-order valence-electron chi connectivity index (χ4n) is 1.43. The molecule has 0 heterocycles. The van der Waals surface area contributed by atoms with Crippen molar-refractivity contribution < 1.29 is 14.7 Å². The third-order valence-corrected chi connectivity index (χ3v) is 3.66. The van der Waals surface area contributed by atoms with E-state index in [1.54, 1.807) is 13.8 Å². The van der Waals surface area contributed by atoms with Gasteiger partial charge in [-0.3, -0.25) is 9.59 Å². The van der Waals surface area contributed by atoms with Crippen LogP contribution in [0.5, 0.6) is 0 Å². The second kappa shape index (κ2) is 6.70. The Kier molecular flexibility index (Phi) is 5.54. The first-order valence-electron chi connectivity index (χ1n) is 6.06. The van der Waals surface area contributed by atoms with Crippen molar-refractivity contribution in [3.8, 4) is 0 Å². The molecule has 0 atom stereocenters. The second-order valence-electron chi connectivity index (χ2n) is 5.06. The summed E-state index contributed by atoms with van der Waals surface area (Å²) in [7, 11) is 0. The molecule has 1 aromatic rings. The van der Waals surface area contributed by atoms with Gasteiger partial charge in [0.1, 0.15) is 0 Å². The van der Waals surface area contributed by atoms with Gasteiger partial charge in [0.25, 0.3) is 0 Å². The van der Waals surface area contributed by atoms with E-state index >= 15 is 0 Å². The summed E-state index contributed by atoms with van der Waals surface area (Å²) in [6.07, 6.45) is 0.971. The minimum absolute atomic E-state index is 0.134. The predicted molar refractivity (Wildman–Crippen MR) is 76.9 cm³/mol. The fraction of sp³-hybridized carbons (Fsp3) is 0.429. The van der Waals surface area contributed by atoms with Crippen molar-refractivity contribution in [1.29, 1.82) is 0 Å². The topological polar surface area (TPSA) is 66.4 Å². The molecule has 0 radical (unpaired) electrons. The van der Waals surface area contributed by atoms with Crippen molar-refractivity contribution in [1.82, 2.24) is 5.32 Å². The van der Waals surface area contributed by atoms with Gasteiger partial charge in [-0.15, -0.1) is 0 Å². The van der Waals surface area contributed by atoms with E-state index in [0.717, 1.165) is 10.0 Å². The molecular formula is C14H18BrNO3. The number of rotatable bonds is 6. The van der Waals surface area contributed by atoms with Crippen LogP contribution in [0.15, 0.2) is 28.7 Å². The molecule has 1 aromatic carbocycles. The van der Waals surface area contributed by atoms with Crippen LogP contribution in [0.25, 0.3) is 0 Å². The molecule has 0 aromatic heterocycles. The molecule has 19 heavy (non-hydrogen) atoms. The first-order chi connectivity index (χ1) is 8.83. The molecule has 0 aliphatic rings. The summed E-state index contributed by atoms with van der Waals surface area (Å²) in [6, 6.07) is 7.73. The lowest BCUT2D eigenvalue weighted by atomic mass is 9.94. The summed E-state index contributed by atoms with van der Waals surface area (Å²) < 4.78 is 0.980. The van der Waals surface area contributed by atoms with Crippen LogP contribution in [-0.4, -0.2) is 23.5 Å². The minimum atomic E-state index is -0.941. The van der Waals surface area contributed by atoms with E-state index in [4.69, 9.17) is 5.11 Å². The molecule has 0 unspecified atom stereocenters. The molecule has 1 amide bonds. The highest BCUT2D eigenvalue weighted by molar-refractivity contribution is 9.10. The quantitative estimate of drug-likeness (QED) is 0.844. The molecule has 0 saturated carbocycles. The first kappa shape index (κ1) is 15.7. The van der Waals surface area contributed by atoms with E-state index in [1.807, 2.05) is 24.3 Å². The zero-order chi connectivity index (χ0) is 14.5. The van der Waals surface area contributed by atoms with Crippen LogP contribution in [0.4, 0.5) is 0 Å². The number of aliphatic carboxylic acids is 1. The van der Waals surface area contributed by atoms with Crippen molar-refractivity contribution in [2.24, 2.45) is 5.41 Å². The number of amides is 1. The van der Waals surface area contributed by atoms with Crippen LogP contribution in [0, 0.1) is 5.41 Å². The first-order valence-corrected chi connectivity index (χ1v) is 6.86. The van der Waals surface area contributed by atoms with Gasteiger partial charge in [0.05, 0.1) is 5.41 Å². The Labute approximate surface area is 121 Å². The lowest BCUT2D eigenvalue weighted by Crippen LogP contribution is -2.38. The number of carbonyl (C=O) groups is 2. The molecule has 1 rings (SSSR count). The summed E-state index contributed by atoms with van der Waals surface area (Å²) in [4.78, 5) is 22.6. The number of carboxylic acids is 1. The van der Waals surface area contributed by atoms with Gasteiger partial charge < -0.3 is 10.4 Å². The van der Waals surface area contributed by atoms with Crippen LogP contribution in [0.1, 0.15) is 25.8 Å². The van der Waals surface area contributed by atoms with Gasteiger partial charge in [-0.05, 0) is 31.9 Å². The molecule has 0 saturated heterocycles. The van der Waals surface area contributed by atoms with E-state index in [9.17, 15) is 9.59 Å². The Morgan fingerprint density at radius 1 is 1.32 bits per heavy atom. The van der Waals surface area contributed by atoms with Crippen LogP contribution in [0.3, 0.4) is 0 Å². The maximum Gasteiger partial charge on any atom is 0.310 e. The van der Waals surface area contributed by atoms with Gasteiger partial charge in [0.15, 0.2) is 0 Å². The third kappa shape index (κ3) is 5.03. The second-order valence-corrected chi connectivity index (χ2v) is 5.91. The van der Waals surface area contributed by atoms with E-state index in [0.29, 0.717) is 12.8 Å². The summed E-state index contributed by atoms with van der Waals surface area (Å²) >= 11 is 3.43. The molecule has 2 N–H and O–H groups in total. The monoisotopic (exact) mass is 327 g/mol. The van der Waals surface area contributed by atoms with E-state index in [1.165, 1.54) is 0 Å². The van der Waals surface area contributed by atoms with Gasteiger partial charge >= 0.3 is 5.97 Å². The van der Waals surface area contributed by atoms with Crippen molar-refractivity contribution in [2.45, 2.75) is 26.7 Å². The summed E-state index contributed by atoms with van der Waals surface area (Å²) in [5.41, 5.74) is 0.123. The molecule has 0 aliphatic carbocycles. The number of carboxylic acid groups (broad SMARTS) is 1. The molecule has 0 aliphatic heterocycles. The van der Waals surface area contributed by atoms with Gasteiger partial charge in [0.2, 0.25) is 5.91 Å². The summed E-state index contributed by atoms with van der Waals surface area (Å²) in [6.45, 7) is 3.31. The smallest absolute Gasteiger partial charge is 0.310 e. The van der Waals surface area contributed by atoms with Gasteiger partial charge in [-0.1, -0.05) is 34.1 Å². The summed E-state index contributed by atoms with van der Waals surface area (Å²) in [5.74, 6) is -1.05. The maximum absolute atomic E-state index is 11.7. The highest BCUT2D eigenvalue weighted by Crippen LogP contribution is 2.17. The van der Waals surface area contributed by atoms with Crippen LogP contribution >= 0.6 is 15.9 Å². The normalized spacial score (nSPS) is 11.1. The number of hydrogen-bond acceptors (Lipinski definition) is 2. The molecule has 0 fully saturated rings. The highest BCUT2D eigenvalue weighted by atomic mass is 79.9. The lowest BCUT2D eigenvalue weighted by molar-refractivity contribution is -0.146. The Morgan fingerprint density at radius 2 is 1.95 bits per heavy atom. The zero-order valence-corrected chi connectivity index (χ0v) is 12.7. The number of benzene rings is 1. The van der Waals surface area contributed by atoms with E-state index in [2.05, 4.69) is 21.2 Å². The molecule has 0 spiro atoms. The van der Waals surface area contributed by atoms with Crippen LogP contribution in [-0.2, 0) is 16.0 Å². The number of nitrogens with one attached hydrogen (secondary N) is 1. The molecule has 5 heteroatoms. The number of carbonyl (C=O) groups excluding carboxylic acids is 1. The average Bonchev–Trinajstić information content (AvgIpc) is 2.35. The Balaban J connectivity index is 2.41. The zero-order valence-electron chi connectivity index (χ0n) is 11.1. The van der Waals surface area contributed by atoms with Crippen LogP contribution in [0.2, 0.25) is 0 Å². The third-order valence-electron chi connectivity index (χ3n) is 2.89.